The van der Waals surface area contributed by atoms with Crippen LogP contribution in [0.15, 0.2) is 48.5 Å². The fourth-order valence-electron chi connectivity index (χ4n) is 3.56. The number of hydrogen-bond donors (Lipinski definition) is 2. The normalized spacial score (nSPS) is 16.9. The molecule has 2 aromatic rings. The van der Waals surface area contributed by atoms with Gasteiger partial charge in [-0.05, 0) is 24.5 Å². The molecule has 1 amide bonds. The number of rotatable bonds is 6. The summed E-state index contributed by atoms with van der Waals surface area (Å²) >= 11 is 0. The second-order valence-electron chi connectivity index (χ2n) is 6.87. The smallest absolute Gasteiger partial charge is 0.326 e. The molecule has 5 nitrogen and oxygen atoms in total. The number of carbonyl (C=O) groups is 2. The molecule has 1 saturated heterocycles. The Morgan fingerprint density at radius 2 is 1.79 bits per heavy atom. The number of carboxylic acid groups (broad SMARTS) is 1. The minimum Gasteiger partial charge on any atom is -0.480 e. The van der Waals surface area contributed by atoms with E-state index in [0.717, 1.165) is 17.7 Å². The second kappa shape index (κ2) is 8.48. The van der Waals surface area contributed by atoms with E-state index in [4.69, 9.17) is 4.74 Å². The van der Waals surface area contributed by atoms with Gasteiger partial charge in [-0.15, -0.1) is 0 Å². The molecule has 0 spiro atoms. The van der Waals surface area contributed by atoms with E-state index in [1.54, 1.807) is 24.3 Å². The Hall–Kier alpha value is -2.80. The van der Waals surface area contributed by atoms with Crippen molar-refractivity contribution >= 4 is 11.9 Å². The molecule has 7 heteroatoms. The summed E-state index contributed by atoms with van der Waals surface area (Å²) in [5, 5.41) is 12.1. The van der Waals surface area contributed by atoms with Crippen molar-refractivity contribution in [2.45, 2.75) is 30.7 Å². The van der Waals surface area contributed by atoms with E-state index in [0.29, 0.717) is 0 Å². The Bertz CT molecular complexity index is 851. The van der Waals surface area contributed by atoms with Gasteiger partial charge in [0.05, 0.1) is 5.41 Å². The molecule has 3 rings (SSSR count). The summed E-state index contributed by atoms with van der Waals surface area (Å²) in [5.41, 5.74) is -0.497. The zero-order valence-corrected chi connectivity index (χ0v) is 15.2. The van der Waals surface area contributed by atoms with Gasteiger partial charge >= 0.3 is 5.97 Å². The van der Waals surface area contributed by atoms with Crippen LogP contribution in [0, 0.1) is 11.6 Å². The van der Waals surface area contributed by atoms with Crippen molar-refractivity contribution in [1.82, 2.24) is 5.32 Å². The molecule has 2 aromatic carbocycles. The molecule has 1 atom stereocenters. The molecule has 0 aliphatic carbocycles. The van der Waals surface area contributed by atoms with Gasteiger partial charge in [0.15, 0.2) is 0 Å². The number of amides is 1. The molecule has 28 heavy (non-hydrogen) atoms. The second-order valence-corrected chi connectivity index (χ2v) is 6.87. The van der Waals surface area contributed by atoms with Crippen molar-refractivity contribution in [1.29, 1.82) is 0 Å². The van der Waals surface area contributed by atoms with Gasteiger partial charge in [0.25, 0.3) is 0 Å². The van der Waals surface area contributed by atoms with Crippen LogP contribution in [0.2, 0.25) is 0 Å². The maximum absolute atomic E-state index is 14.5. The number of aliphatic carboxylic acids is 1. The first-order chi connectivity index (χ1) is 13.4. The minimum absolute atomic E-state index is 0.0542. The lowest BCUT2D eigenvalue weighted by atomic mass is 9.73. The van der Waals surface area contributed by atoms with Gasteiger partial charge in [-0.3, -0.25) is 4.79 Å². The fraction of sp³-hybridized carbons (Fsp3) is 0.333. The van der Waals surface area contributed by atoms with E-state index < -0.39 is 35.0 Å². The number of halogens is 2. The number of nitrogens with one attached hydrogen (secondary N) is 1. The zero-order valence-electron chi connectivity index (χ0n) is 15.2. The van der Waals surface area contributed by atoms with Crippen LogP contribution in [0.3, 0.4) is 0 Å². The Kier molecular flexibility index (Phi) is 6.04. The lowest BCUT2D eigenvalue weighted by molar-refractivity contribution is -0.143. The molecule has 0 bridgehead atoms. The topological polar surface area (TPSA) is 75.6 Å². The molecule has 0 saturated carbocycles. The first-order valence-corrected chi connectivity index (χ1v) is 9.03. The van der Waals surface area contributed by atoms with E-state index in [9.17, 15) is 23.5 Å². The van der Waals surface area contributed by atoms with E-state index in [1.165, 1.54) is 6.07 Å². The minimum atomic E-state index is -1.31. The zero-order chi connectivity index (χ0) is 20.1. The predicted octanol–water partition coefficient (Wildman–Crippen LogP) is 2.83. The number of carboxylic acids is 1. The first-order valence-electron chi connectivity index (χ1n) is 9.03. The highest BCUT2D eigenvalue weighted by molar-refractivity contribution is 5.91. The Morgan fingerprint density at radius 1 is 1.11 bits per heavy atom. The lowest BCUT2D eigenvalue weighted by Crippen LogP contribution is -2.53. The lowest BCUT2D eigenvalue weighted by Gasteiger charge is -2.37. The van der Waals surface area contributed by atoms with Gasteiger partial charge < -0.3 is 15.2 Å². The molecule has 1 unspecified atom stereocenters. The van der Waals surface area contributed by atoms with E-state index in [-0.39, 0.29) is 38.0 Å². The summed E-state index contributed by atoms with van der Waals surface area (Å²) in [6.07, 6.45) is 0.457. The summed E-state index contributed by atoms with van der Waals surface area (Å²) in [6, 6.07) is 10.8. The third-order valence-electron chi connectivity index (χ3n) is 5.11. The predicted molar refractivity (Wildman–Crippen MR) is 97.8 cm³/mol. The molecule has 0 aromatic heterocycles. The molecule has 0 radical (unpaired) electrons. The highest BCUT2D eigenvalue weighted by Crippen LogP contribution is 2.37. The van der Waals surface area contributed by atoms with Crippen molar-refractivity contribution in [3.05, 3.63) is 71.3 Å². The van der Waals surface area contributed by atoms with Crippen LogP contribution in [0.5, 0.6) is 0 Å². The Balaban J connectivity index is 1.89. The third-order valence-corrected chi connectivity index (χ3v) is 5.11. The fourth-order valence-corrected chi connectivity index (χ4v) is 3.56. The number of carbonyl (C=O) groups excluding carboxylic acids is 1. The van der Waals surface area contributed by atoms with E-state index in [2.05, 4.69) is 5.32 Å². The Morgan fingerprint density at radius 3 is 2.39 bits per heavy atom. The molecule has 1 aliphatic heterocycles. The molecule has 2 N–H and O–H groups in total. The Labute approximate surface area is 161 Å². The van der Waals surface area contributed by atoms with Crippen molar-refractivity contribution in [2.24, 2.45) is 0 Å². The quantitative estimate of drug-likeness (QED) is 0.797. The van der Waals surface area contributed by atoms with Crippen molar-refractivity contribution in [3.63, 3.8) is 0 Å². The maximum Gasteiger partial charge on any atom is 0.326 e. The van der Waals surface area contributed by atoms with Crippen LogP contribution in [-0.2, 0) is 26.2 Å². The monoisotopic (exact) mass is 389 g/mol. The van der Waals surface area contributed by atoms with Crippen molar-refractivity contribution < 1.29 is 28.2 Å². The van der Waals surface area contributed by atoms with Crippen molar-refractivity contribution in [3.8, 4) is 0 Å². The SMILES string of the molecule is O=C(O)C(Cc1ccccc1)NC(=O)C1(c2ccc(F)cc2F)CCOCC1. The van der Waals surface area contributed by atoms with E-state index >= 15 is 0 Å². The molecular formula is C21H21F2NO4. The van der Waals surface area contributed by atoms with Crippen LogP contribution >= 0.6 is 0 Å². The molecule has 1 aliphatic rings. The van der Waals surface area contributed by atoms with Crippen LogP contribution in [-0.4, -0.2) is 36.2 Å². The first kappa shape index (κ1) is 19.9. The summed E-state index contributed by atoms with van der Waals surface area (Å²) in [4.78, 5) is 24.9. The summed E-state index contributed by atoms with van der Waals surface area (Å²) in [5.74, 6) is -3.34. The van der Waals surface area contributed by atoms with Crippen LogP contribution in [0.1, 0.15) is 24.0 Å². The number of benzene rings is 2. The summed E-state index contributed by atoms with van der Waals surface area (Å²) < 4.78 is 33.2. The summed E-state index contributed by atoms with van der Waals surface area (Å²) in [6.45, 7) is 0.446. The highest BCUT2D eigenvalue weighted by atomic mass is 19.1. The standard InChI is InChI=1S/C21H21F2NO4/c22-15-6-7-16(17(23)13-15)21(8-10-28-11-9-21)20(27)24-18(19(25)26)12-14-4-2-1-3-5-14/h1-7,13,18H,8-12H2,(H,24,27)(H,25,26). The van der Waals surface area contributed by atoms with Gasteiger partial charge in [-0.2, -0.15) is 0 Å². The maximum atomic E-state index is 14.5. The molecule has 148 valence electrons. The van der Waals surface area contributed by atoms with Crippen LogP contribution in [0.25, 0.3) is 0 Å². The molecule has 1 heterocycles. The average Bonchev–Trinajstić information content (AvgIpc) is 2.68. The third kappa shape index (κ3) is 4.20. The van der Waals surface area contributed by atoms with Crippen LogP contribution in [0.4, 0.5) is 8.78 Å². The number of hydrogen-bond acceptors (Lipinski definition) is 3. The van der Waals surface area contributed by atoms with Gasteiger partial charge in [0.2, 0.25) is 5.91 Å². The molecular weight excluding hydrogens is 368 g/mol. The number of ether oxygens (including phenoxy) is 1. The largest absolute Gasteiger partial charge is 0.480 e. The van der Waals surface area contributed by atoms with Gasteiger partial charge in [-0.25, -0.2) is 13.6 Å². The van der Waals surface area contributed by atoms with Crippen LogP contribution < -0.4 is 5.32 Å². The summed E-state index contributed by atoms with van der Waals surface area (Å²) in [7, 11) is 0. The van der Waals surface area contributed by atoms with Gasteiger partial charge in [0.1, 0.15) is 17.7 Å². The highest BCUT2D eigenvalue weighted by Gasteiger charge is 2.44. The molecule has 1 fully saturated rings. The van der Waals surface area contributed by atoms with Gasteiger partial charge in [0, 0.05) is 31.3 Å². The van der Waals surface area contributed by atoms with Crippen molar-refractivity contribution in [2.75, 3.05) is 13.2 Å². The average molecular weight is 389 g/mol. The van der Waals surface area contributed by atoms with E-state index in [1.807, 2.05) is 6.07 Å². The van der Waals surface area contributed by atoms with Gasteiger partial charge in [-0.1, -0.05) is 36.4 Å².